The maximum atomic E-state index is 13.7. The first-order chi connectivity index (χ1) is 16.7. The van der Waals surface area contributed by atoms with Gasteiger partial charge in [0.15, 0.2) is 0 Å². The molecule has 35 heavy (non-hydrogen) atoms. The van der Waals surface area contributed by atoms with Crippen molar-refractivity contribution in [1.29, 1.82) is 0 Å². The molecule has 0 radical (unpaired) electrons. The Labute approximate surface area is 199 Å². The highest BCUT2D eigenvalue weighted by Crippen LogP contribution is 2.31. The number of benzene rings is 3. The summed E-state index contributed by atoms with van der Waals surface area (Å²) in [7, 11) is 0. The van der Waals surface area contributed by atoms with Gasteiger partial charge >= 0.3 is 5.69 Å². The minimum absolute atomic E-state index is 0.00304. The van der Waals surface area contributed by atoms with E-state index in [1.165, 1.54) is 11.0 Å². The van der Waals surface area contributed by atoms with E-state index in [-0.39, 0.29) is 24.6 Å². The van der Waals surface area contributed by atoms with Crippen molar-refractivity contribution in [2.45, 2.75) is 13.3 Å². The molecule has 1 fully saturated rings. The van der Waals surface area contributed by atoms with Crippen LogP contribution in [0.25, 0.3) is 0 Å². The number of nitro groups is 1. The van der Waals surface area contributed by atoms with Gasteiger partial charge in [-0.05, 0) is 48.9 Å². The van der Waals surface area contributed by atoms with Crippen LogP contribution in [0.5, 0.6) is 0 Å². The molecule has 1 saturated heterocycles. The molecule has 1 heterocycles. The van der Waals surface area contributed by atoms with Gasteiger partial charge in [0.05, 0.1) is 16.5 Å². The smallest absolute Gasteiger partial charge is 0.306 e. The van der Waals surface area contributed by atoms with Crippen LogP contribution < -0.4 is 15.5 Å². The fourth-order valence-corrected chi connectivity index (χ4v) is 3.87. The number of nitrogens with one attached hydrogen (secondary N) is 2. The fourth-order valence-electron chi connectivity index (χ4n) is 3.87. The molecule has 0 aliphatic carbocycles. The summed E-state index contributed by atoms with van der Waals surface area (Å²) >= 11 is 0. The van der Waals surface area contributed by atoms with Gasteiger partial charge in [0, 0.05) is 36.0 Å². The first-order valence-corrected chi connectivity index (χ1v) is 10.8. The lowest BCUT2D eigenvalue weighted by atomic mass is 10.1. The molecule has 4 rings (SSSR count). The molecule has 2 N–H and O–H groups in total. The van der Waals surface area contributed by atoms with Crippen LogP contribution in [0, 0.1) is 28.8 Å². The Hall–Kier alpha value is -4.60. The lowest BCUT2D eigenvalue weighted by Crippen LogP contribution is -2.28. The van der Waals surface area contributed by atoms with Crippen LogP contribution in [0.15, 0.2) is 66.7 Å². The van der Waals surface area contributed by atoms with E-state index in [9.17, 15) is 28.9 Å². The second kappa shape index (κ2) is 9.72. The average Bonchev–Trinajstić information content (AvgIpc) is 3.24. The van der Waals surface area contributed by atoms with Gasteiger partial charge in [0.2, 0.25) is 17.6 Å². The van der Waals surface area contributed by atoms with Crippen molar-refractivity contribution in [3.63, 3.8) is 0 Å². The summed E-state index contributed by atoms with van der Waals surface area (Å²) in [6.45, 7) is 1.75. The molecule has 0 bridgehead atoms. The molecule has 3 aromatic rings. The Morgan fingerprint density at radius 1 is 1.03 bits per heavy atom. The van der Waals surface area contributed by atoms with Gasteiger partial charge in [-0.3, -0.25) is 24.5 Å². The highest BCUT2D eigenvalue weighted by Gasteiger charge is 2.36. The maximum Gasteiger partial charge on any atom is 0.306 e. The van der Waals surface area contributed by atoms with Gasteiger partial charge in [0.25, 0.3) is 5.91 Å². The number of carbonyl (C=O) groups excluding carboxylic acids is 3. The molecule has 9 nitrogen and oxygen atoms in total. The number of carbonyl (C=O) groups is 3. The van der Waals surface area contributed by atoms with Gasteiger partial charge in [-0.1, -0.05) is 24.3 Å². The lowest BCUT2D eigenvalue weighted by molar-refractivity contribution is -0.387. The van der Waals surface area contributed by atoms with E-state index in [0.717, 1.165) is 12.1 Å². The van der Waals surface area contributed by atoms with E-state index in [2.05, 4.69) is 10.6 Å². The number of hydrogen-bond donors (Lipinski definition) is 2. The number of rotatable bonds is 6. The summed E-state index contributed by atoms with van der Waals surface area (Å²) in [6.07, 6.45) is -0.0967. The highest BCUT2D eigenvalue weighted by atomic mass is 19.1. The Balaban J connectivity index is 1.46. The first kappa shape index (κ1) is 23.6. The van der Waals surface area contributed by atoms with Crippen LogP contribution in [0.3, 0.4) is 0 Å². The number of hydrogen-bond acceptors (Lipinski definition) is 5. The number of halogens is 1. The summed E-state index contributed by atoms with van der Waals surface area (Å²) in [4.78, 5) is 49.3. The van der Waals surface area contributed by atoms with Gasteiger partial charge in [-0.15, -0.1) is 0 Å². The normalized spacial score (nSPS) is 15.1. The molecule has 1 atom stereocenters. The molecule has 0 saturated carbocycles. The van der Waals surface area contributed by atoms with Gasteiger partial charge < -0.3 is 15.5 Å². The predicted octanol–water partition coefficient (Wildman–Crippen LogP) is 4.29. The van der Waals surface area contributed by atoms with E-state index < -0.39 is 34.2 Å². The SMILES string of the molecule is Cc1c(NC(=O)c2ccccc2)cccc1NC(=O)C1CC(=O)N(c2ccc(F)c([N+](=O)[O-])c2)C1. The third-order valence-corrected chi connectivity index (χ3v) is 5.81. The predicted molar refractivity (Wildman–Crippen MR) is 128 cm³/mol. The van der Waals surface area contributed by atoms with E-state index in [0.29, 0.717) is 22.5 Å². The standard InChI is InChI=1S/C25H21FN4O5/c1-15-20(27-24(32)16-6-3-2-4-7-16)8-5-9-21(15)28-25(33)17-12-23(31)29(14-17)18-10-11-19(26)22(13-18)30(34)35/h2-11,13,17H,12,14H2,1H3,(H,27,32)(H,28,33). The maximum absolute atomic E-state index is 13.7. The van der Waals surface area contributed by atoms with E-state index in [1.807, 2.05) is 6.07 Å². The van der Waals surface area contributed by atoms with E-state index >= 15 is 0 Å². The van der Waals surface area contributed by atoms with Crippen molar-refractivity contribution in [3.05, 3.63) is 93.8 Å². The number of anilines is 3. The zero-order valence-corrected chi connectivity index (χ0v) is 18.7. The molecule has 1 unspecified atom stereocenters. The Bertz CT molecular complexity index is 1330. The van der Waals surface area contributed by atoms with Crippen molar-refractivity contribution < 1.29 is 23.7 Å². The Morgan fingerprint density at radius 3 is 2.40 bits per heavy atom. The minimum Gasteiger partial charge on any atom is -0.325 e. The number of nitro benzene ring substituents is 1. The van der Waals surface area contributed by atoms with Crippen LogP contribution in [0.1, 0.15) is 22.3 Å². The van der Waals surface area contributed by atoms with Crippen LogP contribution in [0.2, 0.25) is 0 Å². The van der Waals surface area contributed by atoms with Crippen molar-refractivity contribution in [2.24, 2.45) is 5.92 Å². The van der Waals surface area contributed by atoms with E-state index in [1.54, 1.807) is 49.4 Å². The van der Waals surface area contributed by atoms with Crippen LogP contribution in [-0.2, 0) is 9.59 Å². The molecular weight excluding hydrogens is 455 g/mol. The molecule has 3 aromatic carbocycles. The molecular formula is C25H21FN4O5. The number of nitrogens with zero attached hydrogens (tertiary/aromatic N) is 2. The van der Waals surface area contributed by atoms with Gasteiger partial charge in [0.1, 0.15) is 0 Å². The quantitative estimate of drug-likeness (QED) is 0.406. The average molecular weight is 476 g/mol. The van der Waals surface area contributed by atoms with Crippen LogP contribution in [0.4, 0.5) is 27.1 Å². The van der Waals surface area contributed by atoms with Crippen molar-refractivity contribution >= 4 is 40.5 Å². The van der Waals surface area contributed by atoms with Crippen LogP contribution >= 0.6 is 0 Å². The second-order valence-electron chi connectivity index (χ2n) is 8.09. The summed E-state index contributed by atoms with van der Waals surface area (Å²) in [6, 6.07) is 17.0. The number of amides is 3. The molecule has 1 aliphatic rings. The summed E-state index contributed by atoms with van der Waals surface area (Å²) in [5.41, 5.74) is 1.55. The molecule has 0 aromatic heterocycles. The largest absolute Gasteiger partial charge is 0.325 e. The molecule has 10 heteroatoms. The van der Waals surface area contributed by atoms with Gasteiger partial charge in [-0.25, -0.2) is 0 Å². The fraction of sp³-hybridized carbons (Fsp3) is 0.160. The van der Waals surface area contributed by atoms with Crippen LogP contribution in [-0.4, -0.2) is 29.2 Å². The second-order valence-corrected chi connectivity index (χ2v) is 8.09. The summed E-state index contributed by atoms with van der Waals surface area (Å²) in [5.74, 6) is -2.82. The molecule has 178 valence electrons. The third kappa shape index (κ3) is 5.01. The zero-order chi connectivity index (χ0) is 25.1. The third-order valence-electron chi connectivity index (χ3n) is 5.81. The van der Waals surface area contributed by atoms with E-state index in [4.69, 9.17) is 0 Å². The van der Waals surface area contributed by atoms with Crippen molar-refractivity contribution in [3.8, 4) is 0 Å². The minimum atomic E-state index is -1.01. The molecule has 0 spiro atoms. The molecule has 1 aliphatic heterocycles. The summed E-state index contributed by atoms with van der Waals surface area (Å²) < 4.78 is 13.7. The highest BCUT2D eigenvalue weighted by molar-refractivity contribution is 6.06. The topological polar surface area (TPSA) is 122 Å². The first-order valence-electron chi connectivity index (χ1n) is 10.8. The molecule has 3 amide bonds. The Kier molecular flexibility index (Phi) is 6.54. The van der Waals surface area contributed by atoms with Crippen molar-refractivity contribution in [2.75, 3.05) is 22.1 Å². The van der Waals surface area contributed by atoms with Gasteiger partial charge in [-0.2, -0.15) is 4.39 Å². The lowest BCUT2D eigenvalue weighted by Gasteiger charge is -2.17. The zero-order valence-electron chi connectivity index (χ0n) is 18.7. The Morgan fingerprint density at radius 2 is 1.71 bits per heavy atom. The monoisotopic (exact) mass is 476 g/mol. The summed E-state index contributed by atoms with van der Waals surface area (Å²) in [5, 5.41) is 16.7. The van der Waals surface area contributed by atoms with Crippen molar-refractivity contribution in [1.82, 2.24) is 0 Å².